The number of oxazole rings is 1. The molecule has 0 aliphatic heterocycles. The number of aromatic nitrogens is 1. The van der Waals surface area contributed by atoms with Gasteiger partial charge in [-0.2, -0.15) is 5.26 Å². The van der Waals surface area contributed by atoms with Crippen LogP contribution in [0.1, 0.15) is 11.8 Å². The molecule has 7 heteroatoms. The van der Waals surface area contributed by atoms with E-state index < -0.39 is 23.4 Å². The number of carbonyl (C=O) groups excluding carboxylic acids is 1. The quantitative estimate of drug-likeness (QED) is 0.820. The molecule has 0 radical (unpaired) electrons. The molecule has 0 bridgehead atoms. The highest BCUT2D eigenvalue weighted by molar-refractivity contribution is 9.10. The maximum absolute atomic E-state index is 11.5. The topological polar surface area (TPSA) is 105 Å². The molecule has 3 N–H and O–H groups in total. The fourth-order valence-corrected chi connectivity index (χ4v) is 2.74. The first-order chi connectivity index (χ1) is 10.0. The Kier molecular flexibility index (Phi) is 3.08. The molecule has 1 aromatic carbocycles. The molecule has 0 spiro atoms. The Morgan fingerprint density at radius 1 is 1.67 bits per heavy atom. The molecule has 3 rings (SSSR count). The highest BCUT2D eigenvalue weighted by Gasteiger charge is 2.68. The number of benzene rings is 1. The van der Waals surface area contributed by atoms with Gasteiger partial charge in [0, 0.05) is 4.47 Å². The van der Waals surface area contributed by atoms with Gasteiger partial charge in [-0.05, 0) is 24.3 Å². The zero-order valence-corrected chi connectivity index (χ0v) is 12.4. The smallest absolute Gasteiger partial charge is 0.244 e. The molecule has 1 fully saturated rings. The molecule has 1 aliphatic rings. The second kappa shape index (κ2) is 4.69. The molecule has 1 saturated carbocycles. The van der Waals surface area contributed by atoms with Gasteiger partial charge in [0.1, 0.15) is 5.52 Å². The largest absolute Gasteiger partial charge is 0.440 e. The minimum atomic E-state index is -1.19. The number of hydrogen-bond donors (Lipinski definition) is 2. The summed E-state index contributed by atoms with van der Waals surface area (Å²) in [7, 11) is 0. The maximum atomic E-state index is 11.5. The van der Waals surface area contributed by atoms with Crippen LogP contribution < -0.4 is 11.1 Å². The summed E-state index contributed by atoms with van der Waals surface area (Å²) in [5.74, 6) is -0.576. The fraction of sp³-hybridized carbons (Fsp3) is 0.214. The van der Waals surface area contributed by atoms with E-state index in [9.17, 15) is 10.1 Å². The van der Waals surface area contributed by atoms with E-state index in [1.54, 1.807) is 12.1 Å². The van der Waals surface area contributed by atoms with Gasteiger partial charge in [0.25, 0.3) is 0 Å². The number of nitriles is 1. The summed E-state index contributed by atoms with van der Waals surface area (Å²) >= 11 is 3.35. The third kappa shape index (κ3) is 2.04. The Hall–Kier alpha value is -2.17. The van der Waals surface area contributed by atoms with E-state index in [4.69, 9.17) is 10.2 Å². The highest BCUT2D eigenvalue weighted by atomic mass is 79.9. The lowest BCUT2D eigenvalue weighted by Crippen LogP contribution is -2.40. The molecule has 106 valence electrons. The monoisotopic (exact) mass is 346 g/mol. The van der Waals surface area contributed by atoms with Crippen LogP contribution in [0.4, 0.5) is 0 Å². The number of nitrogens with two attached hydrogens (primary N) is 1. The first-order valence-corrected chi connectivity index (χ1v) is 6.98. The van der Waals surface area contributed by atoms with Crippen molar-refractivity contribution in [2.75, 3.05) is 0 Å². The number of nitrogens with one attached hydrogen (secondary N) is 1. The van der Waals surface area contributed by atoms with Gasteiger partial charge >= 0.3 is 0 Å². The van der Waals surface area contributed by atoms with Crippen molar-refractivity contribution in [2.24, 2.45) is 5.73 Å². The van der Waals surface area contributed by atoms with Crippen LogP contribution in [-0.2, 0) is 4.79 Å². The van der Waals surface area contributed by atoms with Crippen molar-refractivity contribution in [1.29, 1.82) is 5.26 Å². The maximum Gasteiger partial charge on any atom is 0.244 e. The summed E-state index contributed by atoms with van der Waals surface area (Å²) in [6, 6.07) is 6.93. The van der Waals surface area contributed by atoms with Crippen LogP contribution in [0.2, 0.25) is 0 Å². The van der Waals surface area contributed by atoms with Gasteiger partial charge in [-0.25, -0.2) is 4.98 Å². The van der Waals surface area contributed by atoms with E-state index in [1.165, 1.54) is 0 Å². The van der Waals surface area contributed by atoms with E-state index in [0.717, 1.165) is 10.5 Å². The Morgan fingerprint density at radius 3 is 3.10 bits per heavy atom. The van der Waals surface area contributed by atoms with E-state index >= 15 is 0 Å². The predicted octanol–water partition coefficient (Wildman–Crippen LogP) is 1.58. The van der Waals surface area contributed by atoms with E-state index in [-0.39, 0.29) is 0 Å². The predicted molar refractivity (Wildman–Crippen MR) is 79.1 cm³/mol. The van der Waals surface area contributed by atoms with Crippen molar-refractivity contribution in [3.8, 4) is 6.07 Å². The van der Waals surface area contributed by atoms with Gasteiger partial charge in [0.05, 0.1) is 18.0 Å². The van der Waals surface area contributed by atoms with Crippen LogP contribution in [0.25, 0.3) is 11.1 Å². The van der Waals surface area contributed by atoms with Crippen LogP contribution >= 0.6 is 15.9 Å². The molecule has 21 heavy (non-hydrogen) atoms. The first kappa shape index (κ1) is 13.8. The van der Waals surface area contributed by atoms with Crippen LogP contribution in [0, 0.1) is 11.3 Å². The fourth-order valence-electron chi connectivity index (χ4n) is 2.40. The molecular formula is C14H11BrN4O2. The molecule has 1 aliphatic carbocycles. The normalized spacial score (nSPS) is 27.1. The van der Waals surface area contributed by atoms with Gasteiger partial charge in [-0.15, -0.1) is 0 Å². The van der Waals surface area contributed by atoms with Gasteiger partial charge in [0.15, 0.2) is 11.1 Å². The van der Waals surface area contributed by atoms with E-state index in [0.29, 0.717) is 17.0 Å². The number of fused-ring (bicyclic) bond motifs is 1. The number of carbonyl (C=O) groups is 1. The van der Waals surface area contributed by atoms with Crippen LogP contribution in [-0.4, -0.2) is 22.5 Å². The Bertz CT molecular complexity index is 794. The summed E-state index contributed by atoms with van der Waals surface area (Å²) in [6.45, 7) is 3.37. The van der Waals surface area contributed by atoms with Gasteiger partial charge in [-0.3, -0.25) is 4.79 Å². The van der Waals surface area contributed by atoms with Crippen molar-refractivity contribution in [2.45, 2.75) is 17.5 Å². The molecule has 1 heterocycles. The molecule has 6 nitrogen and oxygen atoms in total. The SMILES string of the molecule is C=CC(=O)N[C@]1(C#N)[C@@H](N)[C@@H]1c1nc2ccc(Br)cc2o1. The van der Waals surface area contributed by atoms with Crippen LogP contribution in [0.5, 0.6) is 0 Å². The van der Waals surface area contributed by atoms with E-state index in [2.05, 4.69) is 38.9 Å². The lowest BCUT2D eigenvalue weighted by molar-refractivity contribution is -0.117. The molecule has 0 unspecified atom stereocenters. The zero-order chi connectivity index (χ0) is 15.2. The third-order valence-corrected chi connectivity index (χ3v) is 4.09. The lowest BCUT2D eigenvalue weighted by Gasteiger charge is -2.08. The number of halogens is 1. The van der Waals surface area contributed by atoms with E-state index in [1.807, 2.05) is 6.07 Å². The molecule has 2 aromatic rings. The standard InChI is InChI=1S/C14H11BrN4O2/c1-2-10(20)19-14(6-16)11(12(14)17)13-18-8-4-3-7(15)5-9(8)21-13/h2-5,11-12H,1,17H2,(H,19,20)/t11-,12+,14+/m1/s1. The van der Waals surface area contributed by atoms with Gasteiger partial charge in [0.2, 0.25) is 11.8 Å². The molecule has 3 atom stereocenters. The number of hydrogen-bond acceptors (Lipinski definition) is 5. The summed E-state index contributed by atoms with van der Waals surface area (Å²) in [4.78, 5) is 15.8. The Morgan fingerprint density at radius 2 is 2.43 bits per heavy atom. The van der Waals surface area contributed by atoms with Crippen molar-refractivity contribution in [3.05, 3.63) is 41.2 Å². The molecule has 0 saturated heterocycles. The minimum absolute atomic E-state index is 0.349. The molecule has 1 amide bonds. The van der Waals surface area contributed by atoms with Crippen molar-refractivity contribution in [1.82, 2.24) is 10.3 Å². The Labute approximate surface area is 128 Å². The first-order valence-electron chi connectivity index (χ1n) is 6.19. The third-order valence-electron chi connectivity index (χ3n) is 3.60. The minimum Gasteiger partial charge on any atom is -0.440 e. The van der Waals surface area contributed by atoms with Gasteiger partial charge in [-0.1, -0.05) is 22.5 Å². The van der Waals surface area contributed by atoms with Crippen molar-refractivity contribution in [3.63, 3.8) is 0 Å². The summed E-state index contributed by atoms with van der Waals surface area (Å²) in [5, 5.41) is 11.9. The second-order valence-corrected chi connectivity index (χ2v) is 5.76. The molecular weight excluding hydrogens is 336 g/mol. The van der Waals surface area contributed by atoms with Crippen LogP contribution in [0.3, 0.4) is 0 Å². The average Bonchev–Trinajstić information content (AvgIpc) is 2.83. The zero-order valence-electron chi connectivity index (χ0n) is 10.8. The summed E-state index contributed by atoms with van der Waals surface area (Å²) < 4.78 is 6.53. The average molecular weight is 347 g/mol. The van der Waals surface area contributed by atoms with Crippen molar-refractivity contribution >= 4 is 32.9 Å². The number of amides is 1. The summed E-state index contributed by atoms with van der Waals surface area (Å²) in [5.41, 5.74) is 6.04. The molecule has 1 aromatic heterocycles. The number of nitrogens with zero attached hydrogens (tertiary/aromatic N) is 2. The lowest BCUT2D eigenvalue weighted by atomic mass is 10.2. The van der Waals surface area contributed by atoms with Crippen LogP contribution in [0.15, 0.2) is 39.7 Å². The van der Waals surface area contributed by atoms with Gasteiger partial charge < -0.3 is 15.5 Å². The highest BCUT2D eigenvalue weighted by Crippen LogP contribution is 2.50. The van der Waals surface area contributed by atoms with Crippen molar-refractivity contribution < 1.29 is 9.21 Å². The summed E-state index contributed by atoms with van der Waals surface area (Å²) in [6.07, 6.45) is 1.10. The second-order valence-electron chi connectivity index (χ2n) is 4.84. The Balaban J connectivity index is 1.97. The number of rotatable bonds is 3.